The zero-order valence-electron chi connectivity index (χ0n) is 4.52. The maximum atomic E-state index is 5.03. The highest BCUT2D eigenvalue weighted by molar-refractivity contribution is 4.66. The van der Waals surface area contributed by atoms with Gasteiger partial charge < -0.3 is 9.47 Å². The van der Waals surface area contributed by atoms with E-state index in [1.165, 1.54) is 0 Å². The van der Waals surface area contributed by atoms with Crippen LogP contribution < -0.4 is 0 Å². The number of hydrogen-bond acceptors (Lipinski definition) is 2. The van der Waals surface area contributed by atoms with Crippen LogP contribution in [0, 0.1) is 0 Å². The van der Waals surface area contributed by atoms with E-state index < -0.39 is 0 Å². The van der Waals surface area contributed by atoms with Crippen LogP contribution in [0.4, 0.5) is 0 Å². The third kappa shape index (κ3) is 2.99. The molecule has 1 saturated heterocycles. The molecule has 0 radical (unpaired) electrons. The lowest BCUT2D eigenvalue weighted by Gasteiger charge is -1.91. The van der Waals surface area contributed by atoms with Crippen molar-refractivity contribution in [2.45, 2.75) is 20.5 Å². The first-order chi connectivity index (χ1) is 3.43. The fourth-order valence-corrected chi connectivity index (χ4v) is 0.414. The minimum Gasteiger partial charge on any atom is -0.379 e. The van der Waals surface area contributed by atoms with E-state index in [-0.39, 0.29) is 7.43 Å². The van der Waals surface area contributed by atoms with Crippen LogP contribution in [0.25, 0.3) is 0 Å². The number of ether oxygens (including phenoxy) is 2. The highest BCUT2D eigenvalue weighted by atomic mass is 16.6. The number of hydrogen-bond donors (Lipinski definition) is 0. The Hall–Kier alpha value is -0.0800. The summed E-state index contributed by atoms with van der Waals surface area (Å²) >= 11 is 0. The summed E-state index contributed by atoms with van der Waals surface area (Å²) in [6, 6.07) is 0. The van der Waals surface area contributed by atoms with Crippen LogP contribution >= 0.6 is 0 Å². The van der Waals surface area contributed by atoms with E-state index in [1.54, 1.807) is 0 Å². The third-order valence-corrected chi connectivity index (χ3v) is 0.910. The van der Waals surface area contributed by atoms with Crippen LogP contribution in [-0.2, 0) is 9.47 Å². The summed E-state index contributed by atoms with van der Waals surface area (Å²) in [6.45, 7) is 4.48. The molecule has 1 heterocycles. The van der Waals surface area contributed by atoms with E-state index >= 15 is 0 Å². The first-order valence-electron chi connectivity index (χ1n) is 2.63. The highest BCUT2D eigenvalue weighted by Crippen LogP contribution is 2.07. The van der Waals surface area contributed by atoms with Gasteiger partial charge in [-0.2, -0.15) is 0 Å². The normalized spacial score (nSPS) is 24.4. The maximum Gasteiger partial charge on any atom is 0.104 e. The first-order valence-corrected chi connectivity index (χ1v) is 2.63. The lowest BCUT2D eigenvalue weighted by molar-refractivity contribution is 0.128. The van der Waals surface area contributed by atoms with Crippen molar-refractivity contribution in [1.29, 1.82) is 0 Å². The fraction of sp³-hybridized carbons (Fsp3) is 1.00. The van der Waals surface area contributed by atoms with Crippen molar-refractivity contribution in [2.24, 2.45) is 0 Å². The Kier molecular flexibility index (Phi) is 3.83. The van der Waals surface area contributed by atoms with Crippen molar-refractivity contribution in [3.05, 3.63) is 0 Å². The molecule has 0 aliphatic carbocycles. The number of epoxide rings is 1. The van der Waals surface area contributed by atoms with Crippen LogP contribution in [-0.4, -0.2) is 25.9 Å². The predicted molar refractivity (Wildman–Crippen MR) is 33.0 cm³/mol. The van der Waals surface area contributed by atoms with Crippen molar-refractivity contribution in [1.82, 2.24) is 0 Å². The Morgan fingerprint density at radius 3 is 2.75 bits per heavy atom. The molecule has 0 saturated carbocycles. The molecule has 1 atom stereocenters. The second-order valence-electron chi connectivity index (χ2n) is 1.61. The molecule has 0 aromatic carbocycles. The average molecular weight is 118 g/mol. The molecule has 1 fully saturated rings. The Morgan fingerprint density at radius 1 is 1.75 bits per heavy atom. The van der Waals surface area contributed by atoms with Gasteiger partial charge in [0.1, 0.15) is 6.10 Å². The topological polar surface area (TPSA) is 21.8 Å². The van der Waals surface area contributed by atoms with Gasteiger partial charge in [0.05, 0.1) is 13.2 Å². The van der Waals surface area contributed by atoms with Gasteiger partial charge in [-0.25, -0.2) is 0 Å². The Balaban J connectivity index is 0.000000490. The molecule has 1 unspecified atom stereocenters. The lowest BCUT2D eigenvalue weighted by Crippen LogP contribution is -1.99. The predicted octanol–water partition coefficient (Wildman–Crippen LogP) is 1.06. The molecule has 0 aromatic heterocycles. The van der Waals surface area contributed by atoms with Gasteiger partial charge in [-0.3, -0.25) is 0 Å². The molecule has 0 amide bonds. The SMILES string of the molecule is C.CCOCC1CO1. The van der Waals surface area contributed by atoms with Gasteiger partial charge in [-0.15, -0.1) is 0 Å². The Morgan fingerprint density at radius 2 is 2.38 bits per heavy atom. The van der Waals surface area contributed by atoms with Crippen LogP contribution in [0.2, 0.25) is 0 Å². The van der Waals surface area contributed by atoms with Crippen LogP contribution in [0.15, 0.2) is 0 Å². The molecular weight excluding hydrogens is 104 g/mol. The highest BCUT2D eigenvalue weighted by Gasteiger charge is 2.21. The summed E-state index contributed by atoms with van der Waals surface area (Å²) in [7, 11) is 0. The summed E-state index contributed by atoms with van der Waals surface area (Å²) < 4.78 is 9.92. The molecule has 0 N–H and O–H groups in total. The Labute approximate surface area is 50.8 Å². The van der Waals surface area contributed by atoms with Crippen LogP contribution in [0.1, 0.15) is 14.4 Å². The van der Waals surface area contributed by atoms with Crippen LogP contribution in [0.5, 0.6) is 0 Å². The first kappa shape index (κ1) is 7.92. The van der Waals surface area contributed by atoms with Gasteiger partial charge in [0.15, 0.2) is 0 Å². The van der Waals surface area contributed by atoms with Crippen molar-refractivity contribution in [3.8, 4) is 0 Å². The smallest absolute Gasteiger partial charge is 0.104 e. The van der Waals surface area contributed by atoms with Crippen molar-refractivity contribution < 1.29 is 9.47 Å². The lowest BCUT2D eigenvalue weighted by atomic mass is 10.5. The maximum absolute atomic E-state index is 5.03. The monoisotopic (exact) mass is 118 g/mol. The molecule has 0 spiro atoms. The molecule has 0 bridgehead atoms. The third-order valence-electron chi connectivity index (χ3n) is 0.910. The molecule has 2 heteroatoms. The quantitative estimate of drug-likeness (QED) is 0.517. The summed E-state index contributed by atoms with van der Waals surface area (Å²) in [5, 5.41) is 0. The second-order valence-corrected chi connectivity index (χ2v) is 1.61. The molecule has 1 aliphatic rings. The van der Waals surface area contributed by atoms with E-state index in [4.69, 9.17) is 9.47 Å². The van der Waals surface area contributed by atoms with E-state index in [2.05, 4.69) is 0 Å². The van der Waals surface area contributed by atoms with Crippen molar-refractivity contribution in [3.63, 3.8) is 0 Å². The second kappa shape index (κ2) is 3.87. The molecule has 1 aliphatic heterocycles. The molecule has 8 heavy (non-hydrogen) atoms. The van der Waals surface area contributed by atoms with Gasteiger partial charge in [-0.05, 0) is 6.92 Å². The largest absolute Gasteiger partial charge is 0.379 e. The summed E-state index contributed by atoms with van der Waals surface area (Å²) in [5.74, 6) is 0. The van der Waals surface area contributed by atoms with E-state index in [1.807, 2.05) is 6.92 Å². The molecule has 50 valence electrons. The minimum absolute atomic E-state index is 0. The Bertz CT molecular complexity index is 50.5. The molecule has 0 aromatic rings. The van der Waals surface area contributed by atoms with E-state index in [0.29, 0.717) is 6.10 Å². The molecule has 2 nitrogen and oxygen atoms in total. The van der Waals surface area contributed by atoms with Gasteiger partial charge in [0, 0.05) is 6.61 Å². The molecule has 1 rings (SSSR count). The minimum atomic E-state index is 0. The summed E-state index contributed by atoms with van der Waals surface area (Å²) in [6.07, 6.45) is 0.431. The van der Waals surface area contributed by atoms with Gasteiger partial charge in [-0.1, -0.05) is 7.43 Å². The summed E-state index contributed by atoms with van der Waals surface area (Å²) in [4.78, 5) is 0. The van der Waals surface area contributed by atoms with E-state index in [9.17, 15) is 0 Å². The van der Waals surface area contributed by atoms with E-state index in [0.717, 1.165) is 19.8 Å². The van der Waals surface area contributed by atoms with Gasteiger partial charge in [0.25, 0.3) is 0 Å². The fourth-order valence-electron chi connectivity index (χ4n) is 0.414. The van der Waals surface area contributed by atoms with Gasteiger partial charge >= 0.3 is 0 Å². The van der Waals surface area contributed by atoms with Gasteiger partial charge in [0.2, 0.25) is 0 Å². The standard InChI is InChI=1S/C5H10O2.CH4/c1-2-6-3-5-4-7-5;/h5H,2-4H2,1H3;1H4. The molecular formula is C6H14O2. The zero-order valence-corrected chi connectivity index (χ0v) is 4.52. The average Bonchev–Trinajstić information content (AvgIpc) is 2.42. The summed E-state index contributed by atoms with van der Waals surface area (Å²) in [5.41, 5.74) is 0. The van der Waals surface area contributed by atoms with Crippen LogP contribution in [0.3, 0.4) is 0 Å². The zero-order chi connectivity index (χ0) is 5.11. The van der Waals surface area contributed by atoms with Crippen molar-refractivity contribution in [2.75, 3.05) is 19.8 Å². The van der Waals surface area contributed by atoms with Crippen molar-refractivity contribution >= 4 is 0 Å². The number of rotatable bonds is 3.